The Hall–Kier alpha value is -2.36. The average Bonchev–Trinajstić information content (AvgIpc) is 2.41. The monoisotopic (exact) mass is 270 g/mol. The summed E-state index contributed by atoms with van der Waals surface area (Å²) in [5.74, 6) is -0.984. The number of carbonyl (C=O) groups is 1. The van der Waals surface area contributed by atoms with Gasteiger partial charge in [0, 0.05) is 17.6 Å². The Morgan fingerprint density at radius 1 is 1.30 bits per heavy atom. The minimum atomic E-state index is -0.984. The van der Waals surface area contributed by atoms with Crippen LogP contribution in [-0.4, -0.2) is 16.1 Å². The van der Waals surface area contributed by atoms with E-state index < -0.39 is 5.97 Å². The normalized spacial score (nSPS) is 10.3. The molecule has 4 heteroatoms. The van der Waals surface area contributed by atoms with Crippen LogP contribution in [0.25, 0.3) is 0 Å². The summed E-state index contributed by atoms with van der Waals surface area (Å²) in [6, 6.07) is 9.78. The Kier molecular flexibility index (Phi) is 4.35. The number of nitrogens with zero attached hydrogens (tertiary/aromatic N) is 1. The molecule has 0 saturated heterocycles. The van der Waals surface area contributed by atoms with Gasteiger partial charge in [-0.25, -0.2) is 4.79 Å². The summed E-state index contributed by atoms with van der Waals surface area (Å²) in [6.07, 6.45) is 3.54. The highest BCUT2D eigenvalue weighted by Crippen LogP contribution is 2.22. The molecule has 0 unspecified atom stereocenters. The summed E-state index contributed by atoms with van der Waals surface area (Å²) < 4.78 is 0. The van der Waals surface area contributed by atoms with Crippen molar-refractivity contribution in [2.45, 2.75) is 26.7 Å². The second kappa shape index (κ2) is 6.19. The fourth-order valence-electron chi connectivity index (χ4n) is 2.03. The molecule has 2 aromatic rings. The fraction of sp³-hybridized carbons (Fsp3) is 0.250. The second-order valence-electron chi connectivity index (χ2n) is 4.75. The third-order valence-corrected chi connectivity index (χ3v) is 3.04. The number of pyridine rings is 1. The molecule has 2 rings (SSSR count). The predicted octanol–water partition coefficient (Wildman–Crippen LogP) is 3.78. The number of carboxylic acid groups (broad SMARTS) is 1. The van der Waals surface area contributed by atoms with Crippen LogP contribution in [0.15, 0.2) is 36.5 Å². The lowest BCUT2D eigenvalue weighted by Gasteiger charge is -2.10. The number of anilines is 2. The molecule has 0 radical (unpaired) electrons. The van der Waals surface area contributed by atoms with Gasteiger partial charge in [0.15, 0.2) is 0 Å². The van der Waals surface area contributed by atoms with Crippen molar-refractivity contribution < 1.29 is 9.90 Å². The van der Waals surface area contributed by atoms with E-state index in [9.17, 15) is 4.79 Å². The zero-order valence-corrected chi connectivity index (χ0v) is 11.7. The molecule has 0 saturated carbocycles. The maximum atomic E-state index is 11.2. The Labute approximate surface area is 118 Å². The maximum absolute atomic E-state index is 11.2. The van der Waals surface area contributed by atoms with E-state index in [1.165, 1.54) is 11.8 Å². The molecular formula is C16H18N2O2. The van der Waals surface area contributed by atoms with Gasteiger partial charge in [0.2, 0.25) is 0 Å². The lowest BCUT2D eigenvalue weighted by atomic mass is 10.1. The molecule has 4 nitrogen and oxygen atoms in total. The second-order valence-corrected chi connectivity index (χ2v) is 4.75. The lowest BCUT2D eigenvalue weighted by Crippen LogP contribution is -2.04. The molecule has 20 heavy (non-hydrogen) atoms. The fourth-order valence-corrected chi connectivity index (χ4v) is 2.03. The van der Waals surface area contributed by atoms with Gasteiger partial charge in [-0.15, -0.1) is 0 Å². The van der Waals surface area contributed by atoms with Crippen molar-refractivity contribution in [3.8, 4) is 0 Å². The highest BCUT2D eigenvalue weighted by atomic mass is 16.4. The third-order valence-electron chi connectivity index (χ3n) is 3.04. The van der Waals surface area contributed by atoms with Crippen molar-refractivity contribution >= 4 is 17.3 Å². The molecule has 104 valence electrons. The molecule has 1 aromatic heterocycles. The van der Waals surface area contributed by atoms with E-state index in [0.717, 1.165) is 24.2 Å². The number of aromatic nitrogens is 1. The molecule has 0 fully saturated rings. The maximum Gasteiger partial charge on any atom is 0.339 e. The van der Waals surface area contributed by atoms with E-state index in [1.807, 2.05) is 19.1 Å². The van der Waals surface area contributed by atoms with Crippen LogP contribution in [0.2, 0.25) is 0 Å². The topological polar surface area (TPSA) is 62.2 Å². The van der Waals surface area contributed by atoms with Gasteiger partial charge in [-0.2, -0.15) is 0 Å². The van der Waals surface area contributed by atoms with Crippen molar-refractivity contribution in [1.29, 1.82) is 0 Å². The minimum Gasteiger partial charge on any atom is -0.478 e. The van der Waals surface area contributed by atoms with Crippen LogP contribution < -0.4 is 5.32 Å². The Balaban J connectivity index is 2.25. The number of aromatic carboxylic acids is 1. The van der Waals surface area contributed by atoms with Crippen LogP contribution in [0.3, 0.4) is 0 Å². The van der Waals surface area contributed by atoms with Crippen LogP contribution in [-0.2, 0) is 6.42 Å². The van der Waals surface area contributed by atoms with Gasteiger partial charge >= 0.3 is 5.97 Å². The van der Waals surface area contributed by atoms with E-state index in [0.29, 0.717) is 5.69 Å². The van der Waals surface area contributed by atoms with E-state index in [-0.39, 0.29) is 5.56 Å². The summed E-state index contributed by atoms with van der Waals surface area (Å²) >= 11 is 0. The van der Waals surface area contributed by atoms with Crippen molar-refractivity contribution in [3.63, 3.8) is 0 Å². The SMILES string of the molecule is CCCc1ccc(Nc2cc(C)ncc2C(=O)O)cc1. The van der Waals surface area contributed by atoms with Crippen LogP contribution in [0.5, 0.6) is 0 Å². The number of nitrogens with one attached hydrogen (secondary N) is 1. The van der Waals surface area contributed by atoms with Gasteiger partial charge < -0.3 is 10.4 Å². The van der Waals surface area contributed by atoms with Gasteiger partial charge in [0.25, 0.3) is 0 Å². The van der Waals surface area contributed by atoms with E-state index in [4.69, 9.17) is 5.11 Å². The van der Waals surface area contributed by atoms with Crippen LogP contribution in [0, 0.1) is 6.92 Å². The zero-order valence-electron chi connectivity index (χ0n) is 11.7. The molecule has 0 amide bonds. The van der Waals surface area contributed by atoms with E-state index >= 15 is 0 Å². The zero-order chi connectivity index (χ0) is 14.5. The van der Waals surface area contributed by atoms with Crippen LogP contribution >= 0.6 is 0 Å². The van der Waals surface area contributed by atoms with Crippen LogP contribution in [0.1, 0.15) is 35.0 Å². The molecule has 0 aliphatic carbocycles. The Morgan fingerprint density at radius 3 is 2.60 bits per heavy atom. The first kappa shape index (κ1) is 14.1. The molecule has 0 aliphatic rings. The molecule has 0 spiro atoms. The molecule has 0 bridgehead atoms. The highest BCUT2D eigenvalue weighted by Gasteiger charge is 2.11. The Bertz CT molecular complexity index is 606. The van der Waals surface area contributed by atoms with Crippen molar-refractivity contribution in [1.82, 2.24) is 4.98 Å². The van der Waals surface area contributed by atoms with Crippen molar-refractivity contribution in [2.24, 2.45) is 0 Å². The summed E-state index contributed by atoms with van der Waals surface area (Å²) in [7, 11) is 0. The highest BCUT2D eigenvalue weighted by molar-refractivity contribution is 5.94. The number of aryl methyl sites for hydroxylation is 2. The summed E-state index contributed by atoms with van der Waals surface area (Å²) in [4.78, 5) is 15.2. The summed E-state index contributed by atoms with van der Waals surface area (Å²) in [5.41, 5.74) is 3.67. The summed E-state index contributed by atoms with van der Waals surface area (Å²) in [5, 5.41) is 12.3. The standard InChI is InChI=1S/C16H18N2O2/c1-3-4-12-5-7-13(8-6-12)18-15-9-11(2)17-10-14(15)16(19)20/h5-10H,3-4H2,1-2H3,(H,17,18)(H,19,20). The van der Waals surface area contributed by atoms with E-state index in [2.05, 4.69) is 29.4 Å². The Morgan fingerprint density at radius 2 is 2.00 bits per heavy atom. The van der Waals surface area contributed by atoms with Crippen LogP contribution in [0.4, 0.5) is 11.4 Å². The first-order chi connectivity index (χ1) is 9.60. The number of benzene rings is 1. The van der Waals surface area contributed by atoms with E-state index in [1.54, 1.807) is 6.07 Å². The smallest absolute Gasteiger partial charge is 0.339 e. The molecule has 0 atom stereocenters. The van der Waals surface area contributed by atoms with Gasteiger partial charge in [-0.1, -0.05) is 25.5 Å². The molecular weight excluding hydrogens is 252 g/mol. The van der Waals surface area contributed by atoms with Crippen molar-refractivity contribution in [3.05, 3.63) is 53.3 Å². The molecule has 1 aromatic carbocycles. The lowest BCUT2D eigenvalue weighted by molar-refractivity contribution is 0.0697. The molecule has 0 aliphatic heterocycles. The number of hydrogen-bond donors (Lipinski definition) is 2. The predicted molar refractivity (Wildman–Crippen MR) is 79.7 cm³/mol. The number of carboxylic acids is 1. The summed E-state index contributed by atoms with van der Waals surface area (Å²) in [6.45, 7) is 3.98. The minimum absolute atomic E-state index is 0.174. The van der Waals surface area contributed by atoms with Gasteiger partial charge in [0.05, 0.1) is 5.69 Å². The van der Waals surface area contributed by atoms with Crippen molar-refractivity contribution in [2.75, 3.05) is 5.32 Å². The third kappa shape index (κ3) is 3.35. The quantitative estimate of drug-likeness (QED) is 0.867. The molecule has 1 heterocycles. The average molecular weight is 270 g/mol. The number of hydrogen-bond acceptors (Lipinski definition) is 3. The van der Waals surface area contributed by atoms with Gasteiger partial charge in [-0.05, 0) is 37.1 Å². The first-order valence-corrected chi connectivity index (χ1v) is 6.66. The largest absolute Gasteiger partial charge is 0.478 e. The van der Waals surface area contributed by atoms with Gasteiger partial charge in [0.1, 0.15) is 5.56 Å². The molecule has 2 N–H and O–H groups in total. The van der Waals surface area contributed by atoms with Gasteiger partial charge in [-0.3, -0.25) is 4.98 Å². The number of rotatable bonds is 5. The first-order valence-electron chi connectivity index (χ1n) is 6.66.